The van der Waals surface area contributed by atoms with Crippen LogP contribution in [0.2, 0.25) is 0 Å². The number of thiocarbonyl (C=S) groups is 1. The van der Waals surface area contributed by atoms with Gasteiger partial charge in [-0.15, -0.1) is 0 Å². The molecule has 4 rings (SSSR count). The van der Waals surface area contributed by atoms with Gasteiger partial charge in [-0.25, -0.2) is 22.9 Å². The van der Waals surface area contributed by atoms with Gasteiger partial charge in [0.2, 0.25) is 5.88 Å². The number of aryl methyl sites for hydroxylation is 1. The van der Waals surface area contributed by atoms with E-state index in [9.17, 15) is 18.8 Å². The first-order valence-corrected chi connectivity index (χ1v) is 12.6. The Morgan fingerprint density at radius 1 is 1.23 bits per heavy atom. The number of fused-ring (bicyclic) bond motifs is 1. The minimum atomic E-state index is -3.28. The van der Waals surface area contributed by atoms with Gasteiger partial charge in [0, 0.05) is 36.0 Å². The van der Waals surface area contributed by atoms with Crippen molar-refractivity contribution in [3.8, 4) is 11.9 Å². The van der Waals surface area contributed by atoms with Crippen molar-refractivity contribution in [3.63, 3.8) is 0 Å². The second kappa shape index (κ2) is 10.4. The Hall–Kier alpha value is -4.24. The van der Waals surface area contributed by atoms with Gasteiger partial charge < -0.3 is 14.4 Å². The first kappa shape index (κ1) is 28.8. The Balaban J connectivity index is 1.85. The van der Waals surface area contributed by atoms with Gasteiger partial charge in [-0.2, -0.15) is 10.2 Å². The molecule has 1 fully saturated rings. The van der Waals surface area contributed by atoms with E-state index in [2.05, 4.69) is 21.3 Å². The molecule has 0 spiro atoms. The molecule has 0 N–H and O–H groups in total. The quantitative estimate of drug-likeness (QED) is 0.260. The molecular formula is C28H26F3N5O3S. The number of hydrogen-bond acceptors (Lipinski definition) is 7. The van der Waals surface area contributed by atoms with Crippen LogP contribution in [-0.2, 0) is 21.9 Å². The third-order valence-electron chi connectivity index (χ3n) is 6.65. The maximum atomic E-state index is 15.6. The van der Waals surface area contributed by atoms with E-state index in [-0.39, 0.29) is 33.1 Å². The summed E-state index contributed by atoms with van der Waals surface area (Å²) >= 11 is 5.78. The number of ether oxygens (including phenoxy) is 2. The molecular weight excluding hydrogens is 543 g/mol. The van der Waals surface area contributed by atoms with Crippen LogP contribution in [-0.4, -0.2) is 40.3 Å². The molecule has 0 unspecified atom stereocenters. The standard InChI is InChI=1S/C28H26F3N5O3S/c1-7-22-33-24-19(25(34-22)39-14-23(37)38-6)10-18(12-21(24)29)36-26(40)35(15(2)27(36,3)4)17-9-8-16(13-32)20(11-17)28(5,30)31/h8-12H,2,7,14H2,1,3-6H3. The Bertz CT molecular complexity index is 1600. The van der Waals surface area contributed by atoms with Gasteiger partial charge in [0.1, 0.15) is 11.3 Å². The van der Waals surface area contributed by atoms with Gasteiger partial charge in [0.05, 0.1) is 29.7 Å². The van der Waals surface area contributed by atoms with Crippen molar-refractivity contribution in [3.05, 3.63) is 65.4 Å². The molecule has 12 heteroatoms. The van der Waals surface area contributed by atoms with Crippen LogP contribution in [0, 0.1) is 17.1 Å². The molecule has 40 heavy (non-hydrogen) atoms. The topological polar surface area (TPSA) is 91.6 Å². The lowest BCUT2D eigenvalue weighted by molar-refractivity contribution is -0.143. The number of benzene rings is 2. The fraction of sp³-hybridized carbons (Fsp3) is 0.321. The number of carbonyl (C=O) groups is 1. The molecule has 8 nitrogen and oxygen atoms in total. The Morgan fingerprint density at radius 3 is 2.52 bits per heavy atom. The molecule has 0 atom stereocenters. The minimum absolute atomic E-state index is 0.00372. The van der Waals surface area contributed by atoms with Crippen molar-refractivity contribution in [2.24, 2.45) is 0 Å². The number of halogens is 3. The maximum absolute atomic E-state index is 15.6. The van der Waals surface area contributed by atoms with Crippen molar-refractivity contribution in [1.29, 1.82) is 5.26 Å². The lowest BCUT2D eigenvalue weighted by Crippen LogP contribution is -2.41. The number of aromatic nitrogens is 2. The minimum Gasteiger partial charge on any atom is -0.466 e. The summed E-state index contributed by atoms with van der Waals surface area (Å²) < 4.78 is 54.5. The molecule has 0 saturated carbocycles. The number of carbonyl (C=O) groups excluding carboxylic acids is 1. The summed E-state index contributed by atoms with van der Waals surface area (Å²) in [5.41, 5.74) is -0.534. The van der Waals surface area contributed by atoms with E-state index in [4.69, 9.17) is 17.0 Å². The van der Waals surface area contributed by atoms with Gasteiger partial charge in [0.15, 0.2) is 17.5 Å². The van der Waals surface area contributed by atoms with Gasteiger partial charge in [-0.05, 0) is 56.4 Å². The SMILES string of the molecule is C=C1N(c2ccc(C#N)c(C(C)(F)F)c2)C(=S)N(c2cc(F)c3nc(CC)nc(OCC(=O)OC)c3c2)C1(C)C. The smallest absolute Gasteiger partial charge is 0.343 e. The summed E-state index contributed by atoms with van der Waals surface area (Å²) in [5, 5.41) is 9.68. The van der Waals surface area contributed by atoms with Crippen molar-refractivity contribution < 1.29 is 27.4 Å². The summed E-state index contributed by atoms with van der Waals surface area (Å²) in [6.07, 6.45) is 0.396. The number of nitriles is 1. The summed E-state index contributed by atoms with van der Waals surface area (Å²) in [6.45, 7) is 9.82. The Morgan fingerprint density at radius 2 is 1.93 bits per heavy atom. The second-order valence-corrected chi connectivity index (χ2v) is 10.0. The maximum Gasteiger partial charge on any atom is 0.343 e. The number of methoxy groups -OCH3 is 1. The zero-order valence-corrected chi connectivity index (χ0v) is 23.3. The number of nitrogens with zero attached hydrogens (tertiary/aromatic N) is 5. The van der Waals surface area contributed by atoms with Crippen LogP contribution in [0.1, 0.15) is 44.6 Å². The van der Waals surface area contributed by atoms with Crippen molar-refractivity contribution >= 4 is 45.6 Å². The predicted octanol–water partition coefficient (Wildman–Crippen LogP) is 5.77. The van der Waals surface area contributed by atoms with Gasteiger partial charge in [0.25, 0.3) is 5.92 Å². The second-order valence-electron chi connectivity index (χ2n) is 9.68. The van der Waals surface area contributed by atoms with Crippen molar-refractivity contribution in [2.45, 2.75) is 45.6 Å². The fourth-order valence-electron chi connectivity index (χ4n) is 4.47. The van der Waals surface area contributed by atoms with Crippen LogP contribution < -0.4 is 14.5 Å². The molecule has 1 aliphatic heterocycles. The predicted molar refractivity (Wildman–Crippen MR) is 148 cm³/mol. The molecule has 2 aromatic carbocycles. The Labute approximate surface area is 234 Å². The van der Waals surface area contributed by atoms with Gasteiger partial charge in [-0.3, -0.25) is 4.90 Å². The number of rotatable bonds is 7. The average Bonchev–Trinajstić information content (AvgIpc) is 3.08. The van der Waals surface area contributed by atoms with E-state index in [1.54, 1.807) is 37.8 Å². The largest absolute Gasteiger partial charge is 0.466 e. The van der Waals surface area contributed by atoms with E-state index >= 15 is 4.39 Å². The molecule has 3 aromatic rings. The fourth-order valence-corrected chi connectivity index (χ4v) is 5.01. The normalized spacial score (nSPS) is 15.0. The number of alkyl halides is 2. The lowest BCUT2D eigenvalue weighted by Gasteiger charge is -2.31. The third kappa shape index (κ3) is 4.93. The first-order valence-electron chi connectivity index (χ1n) is 12.2. The number of hydrogen-bond donors (Lipinski definition) is 0. The zero-order valence-electron chi connectivity index (χ0n) is 22.5. The zero-order chi connectivity index (χ0) is 29.6. The third-order valence-corrected chi connectivity index (χ3v) is 7.02. The highest BCUT2D eigenvalue weighted by Crippen LogP contribution is 2.44. The van der Waals surface area contributed by atoms with E-state index in [0.717, 1.165) is 0 Å². The molecule has 0 bridgehead atoms. The van der Waals surface area contributed by atoms with Crippen LogP contribution in [0.25, 0.3) is 10.9 Å². The van der Waals surface area contributed by atoms with Crippen molar-refractivity contribution in [2.75, 3.05) is 23.5 Å². The van der Waals surface area contributed by atoms with E-state index in [0.29, 0.717) is 30.6 Å². The highest BCUT2D eigenvalue weighted by atomic mass is 32.1. The first-order chi connectivity index (χ1) is 18.7. The molecule has 208 valence electrons. The highest BCUT2D eigenvalue weighted by molar-refractivity contribution is 7.80. The van der Waals surface area contributed by atoms with Gasteiger partial charge in [-0.1, -0.05) is 13.5 Å². The average molecular weight is 570 g/mol. The highest BCUT2D eigenvalue weighted by Gasteiger charge is 2.46. The van der Waals surface area contributed by atoms with Gasteiger partial charge >= 0.3 is 5.97 Å². The van der Waals surface area contributed by atoms with Crippen LogP contribution in [0.4, 0.5) is 24.5 Å². The van der Waals surface area contributed by atoms with Crippen molar-refractivity contribution in [1.82, 2.24) is 9.97 Å². The summed E-state index contributed by atoms with van der Waals surface area (Å²) in [6, 6.07) is 8.64. The van der Waals surface area contributed by atoms with Crippen LogP contribution in [0.5, 0.6) is 5.88 Å². The summed E-state index contributed by atoms with van der Waals surface area (Å²) in [7, 11) is 1.21. The Kier molecular flexibility index (Phi) is 7.47. The number of esters is 1. The van der Waals surface area contributed by atoms with E-state index in [1.165, 1.54) is 36.3 Å². The summed E-state index contributed by atoms with van der Waals surface area (Å²) in [4.78, 5) is 23.5. The summed E-state index contributed by atoms with van der Waals surface area (Å²) in [5.74, 6) is -4.29. The lowest BCUT2D eigenvalue weighted by atomic mass is 9.98. The van der Waals surface area contributed by atoms with Crippen LogP contribution in [0.15, 0.2) is 42.6 Å². The molecule has 0 aliphatic carbocycles. The molecule has 1 aliphatic rings. The van der Waals surface area contributed by atoms with E-state index < -0.39 is 35.4 Å². The number of anilines is 2. The van der Waals surface area contributed by atoms with Crippen LogP contribution in [0.3, 0.4) is 0 Å². The van der Waals surface area contributed by atoms with E-state index in [1.807, 2.05) is 0 Å². The monoisotopic (exact) mass is 569 g/mol. The molecule has 1 saturated heterocycles. The molecule has 1 aromatic heterocycles. The molecule has 0 amide bonds. The molecule has 2 heterocycles. The van der Waals surface area contributed by atoms with Crippen LogP contribution >= 0.6 is 12.2 Å². The molecule has 0 radical (unpaired) electrons.